The molecule has 0 atom stereocenters. The van der Waals surface area contributed by atoms with Crippen molar-refractivity contribution in [1.29, 1.82) is 0 Å². The molecule has 0 saturated heterocycles. The predicted molar refractivity (Wildman–Crippen MR) is 76.3 cm³/mol. The lowest BCUT2D eigenvalue weighted by atomic mass is 10.1. The number of halogens is 1. The zero-order chi connectivity index (χ0) is 13.7. The summed E-state index contributed by atoms with van der Waals surface area (Å²) >= 11 is 5.90. The van der Waals surface area contributed by atoms with E-state index in [4.69, 9.17) is 21.5 Å². The molecule has 1 N–H and O–H groups in total. The number of aryl methyl sites for hydroxylation is 1. The minimum absolute atomic E-state index is 0.459. The van der Waals surface area contributed by atoms with Gasteiger partial charge >= 0.3 is 0 Å². The molecule has 2 rings (SSSR count). The van der Waals surface area contributed by atoms with Gasteiger partial charge in [0, 0.05) is 10.6 Å². The smallest absolute Gasteiger partial charge is 0.128 e. The molecule has 0 aliphatic rings. The van der Waals surface area contributed by atoms with Gasteiger partial charge in [-0.15, -0.1) is 0 Å². The van der Waals surface area contributed by atoms with Gasteiger partial charge in [-0.05, 0) is 36.2 Å². The van der Waals surface area contributed by atoms with Crippen LogP contribution in [-0.2, 0) is 6.61 Å². The minimum atomic E-state index is 0.459. The normalized spacial score (nSPS) is 10.8. The average Bonchev–Trinajstić information content (AvgIpc) is 2.40. The van der Waals surface area contributed by atoms with Crippen LogP contribution in [0.15, 0.2) is 47.6 Å². The Morgan fingerprint density at radius 3 is 2.79 bits per heavy atom. The monoisotopic (exact) mass is 275 g/mol. The summed E-state index contributed by atoms with van der Waals surface area (Å²) in [6, 6.07) is 13.2. The molecule has 0 radical (unpaired) electrons. The standard InChI is InChI=1S/C15H14ClNO2/c1-11-4-2-3-5-12(11)10-19-15-7-6-14(16)8-13(15)9-17-18/h2-9,18H,10H2,1H3. The first-order valence-electron chi connectivity index (χ1n) is 5.85. The minimum Gasteiger partial charge on any atom is -0.488 e. The fraction of sp³-hybridized carbons (Fsp3) is 0.133. The van der Waals surface area contributed by atoms with E-state index in [-0.39, 0.29) is 0 Å². The summed E-state index contributed by atoms with van der Waals surface area (Å²) < 4.78 is 5.75. The van der Waals surface area contributed by atoms with Crippen molar-refractivity contribution < 1.29 is 9.94 Å². The van der Waals surface area contributed by atoms with Crippen molar-refractivity contribution in [3.8, 4) is 5.75 Å². The van der Waals surface area contributed by atoms with Crippen molar-refractivity contribution in [3.63, 3.8) is 0 Å². The molecule has 0 saturated carbocycles. The number of hydrogen-bond acceptors (Lipinski definition) is 3. The molecule has 0 aromatic heterocycles. The summed E-state index contributed by atoms with van der Waals surface area (Å²) in [7, 11) is 0. The predicted octanol–water partition coefficient (Wildman–Crippen LogP) is 4.04. The zero-order valence-electron chi connectivity index (χ0n) is 10.5. The Morgan fingerprint density at radius 2 is 2.05 bits per heavy atom. The number of nitrogens with zero attached hydrogens (tertiary/aromatic N) is 1. The van der Waals surface area contributed by atoms with Gasteiger partial charge in [-0.25, -0.2) is 0 Å². The Balaban J connectivity index is 2.18. The number of oxime groups is 1. The van der Waals surface area contributed by atoms with E-state index in [1.165, 1.54) is 11.8 Å². The van der Waals surface area contributed by atoms with Gasteiger partial charge in [0.05, 0.1) is 6.21 Å². The van der Waals surface area contributed by atoms with E-state index in [1.54, 1.807) is 18.2 Å². The van der Waals surface area contributed by atoms with E-state index in [2.05, 4.69) is 5.16 Å². The Hall–Kier alpha value is -2.00. The van der Waals surface area contributed by atoms with Gasteiger partial charge in [-0.2, -0.15) is 0 Å². The van der Waals surface area contributed by atoms with Crippen LogP contribution < -0.4 is 4.74 Å². The van der Waals surface area contributed by atoms with Gasteiger partial charge < -0.3 is 9.94 Å². The van der Waals surface area contributed by atoms with E-state index in [0.29, 0.717) is 22.9 Å². The first-order valence-corrected chi connectivity index (χ1v) is 6.23. The van der Waals surface area contributed by atoms with Crippen molar-refractivity contribution in [2.75, 3.05) is 0 Å². The number of ether oxygens (including phenoxy) is 1. The molecular formula is C15H14ClNO2. The van der Waals surface area contributed by atoms with Gasteiger partial charge in [0.25, 0.3) is 0 Å². The summed E-state index contributed by atoms with van der Waals surface area (Å²) in [6.07, 6.45) is 1.30. The number of rotatable bonds is 4. The van der Waals surface area contributed by atoms with Crippen LogP contribution in [0.5, 0.6) is 5.75 Å². The Kier molecular flexibility index (Phi) is 4.42. The van der Waals surface area contributed by atoms with E-state index in [0.717, 1.165) is 5.56 Å². The Morgan fingerprint density at radius 1 is 1.26 bits per heavy atom. The maximum Gasteiger partial charge on any atom is 0.128 e. The Labute approximate surface area is 117 Å². The summed E-state index contributed by atoms with van der Waals surface area (Å²) in [4.78, 5) is 0. The molecule has 2 aromatic carbocycles. The van der Waals surface area contributed by atoms with Gasteiger partial charge in [0.15, 0.2) is 0 Å². The fourth-order valence-corrected chi connectivity index (χ4v) is 1.92. The van der Waals surface area contributed by atoms with Crippen LogP contribution in [0, 0.1) is 6.92 Å². The highest BCUT2D eigenvalue weighted by Gasteiger charge is 2.04. The van der Waals surface area contributed by atoms with Crippen LogP contribution in [0.2, 0.25) is 5.02 Å². The molecule has 0 fully saturated rings. The van der Waals surface area contributed by atoms with Crippen molar-refractivity contribution >= 4 is 17.8 Å². The van der Waals surface area contributed by atoms with Gasteiger partial charge in [0.1, 0.15) is 12.4 Å². The average molecular weight is 276 g/mol. The first kappa shape index (κ1) is 13.4. The van der Waals surface area contributed by atoms with Gasteiger partial charge in [0.2, 0.25) is 0 Å². The second kappa shape index (κ2) is 6.25. The molecule has 0 amide bonds. The summed E-state index contributed by atoms with van der Waals surface area (Å²) in [5.74, 6) is 0.630. The molecule has 0 bridgehead atoms. The number of benzene rings is 2. The lowest BCUT2D eigenvalue weighted by Crippen LogP contribution is -2.00. The quantitative estimate of drug-likeness (QED) is 0.520. The Bertz CT molecular complexity index is 596. The van der Waals surface area contributed by atoms with E-state index in [1.807, 2.05) is 31.2 Å². The summed E-state index contributed by atoms with van der Waals surface area (Å²) in [5.41, 5.74) is 2.93. The molecule has 0 spiro atoms. The van der Waals surface area contributed by atoms with Crippen molar-refractivity contribution in [3.05, 3.63) is 64.2 Å². The van der Waals surface area contributed by atoms with Gasteiger partial charge in [-0.1, -0.05) is 41.0 Å². The van der Waals surface area contributed by atoms with Crippen molar-refractivity contribution in [2.45, 2.75) is 13.5 Å². The summed E-state index contributed by atoms with van der Waals surface area (Å²) in [6.45, 7) is 2.50. The molecule has 0 aliphatic heterocycles. The SMILES string of the molecule is Cc1ccccc1COc1ccc(Cl)cc1C=NO. The lowest BCUT2D eigenvalue weighted by Gasteiger charge is -2.10. The molecule has 98 valence electrons. The van der Waals surface area contributed by atoms with Gasteiger partial charge in [-0.3, -0.25) is 0 Å². The number of hydrogen-bond donors (Lipinski definition) is 1. The zero-order valence-corrected chi connectivity index (χ0v) is 11.3. The lowest BCUT2D eigenvalue weighted by molar-refractivity contribution is 0.303. The highest BCUT2D eigenvalue weighted by Crippen LogP contribution is 2.23. The summed E-state index contributed by atoms with van der Waals surface area (Å²) in [5, 5.41) is 12.2. The molecule has 0 unspecified atom stereocenters. The van der Waals surface area contributed by atoms with Crippen LogP contribution >= 0.6 is 11.6 Å². The highest BCUT2D eigenvalue weighted by atomic mass is 35.5. The van der Waals surface area contributed by atoms with Crippen LogP contribution in [0.1, 0.15) is 16.7 Å². The van der Waals surface area contributed by atoms with E-state index < -0.39 is 0 Å². The molecule has 0 heterocycles. The van der Waals surface area contributed by atoms with E-state index in [9.17, 15) is 0 Å². The van der Waals surface area contributed by atoms with Crippen molar-refractivity contribution in [2.24, 2.45) is 5.16 Å². The van der Waals surface area contributed by atoms with Crippen LogP contribution in [0.4, 0.5) is 0 Å². The van der Waals surface area contributed by atoms with E-state index >= 15 is 0 Å². The first-order chi connectivity index (χ1) is 9.20. The maximum atomic E-state index is 8.64. The van der Waals surface area contributed by atoms with Crippen LogP contribution in [0.25, 0.3) is 0 Å². The molecule has 4 heteroatoms. The third-order valence-electron chi connectivity index (χ3n) is 2.81. The maximum absolute atomic E-state index is 8.64. The van der Waals surface area contributed by atoms with Crippen LogP contribution in [-0.4, -0.2) is 11.4 Å². The molecule has 3 nitrogen and oxygen atoms in total. The second-order valence-electron chi connectivity index (χ2n) is 4.14. The third-order valence-corrected chi connectivity index (χ3v) is 3.05. The second-order valence-corrected chi connectivity index (χ2v) is 4.58. The fourth-order valence-electron chi connectivity index (χ4n) is 1.74. The highest BCUT2D eigenvalue weighted by molar-refractivity contribution is 6.30. The molecule has 2 aromatic rings. The topological polar surface area (TPSA) is 41.8 Å². The van der Waals surface area contributed by atoms with Crippen LogP contribution in [0.3, 0.4) is 0 Å². The molecule has 0 aliphatic carbocycles. The largest absolute Gasteiger partial charge is 0.488 e. The third kappa shape index (κ3) is 3.48. The van der Waals surface area contributed by atoms with Crippen molar-refractivity contribution in [1.82, 2.24) is 0 Å². The molecular weight excluding hydrogens is 262 g/mol. The molecule has 19 heavy (non-hydrogen) atoms.